The van der Waals surface area contributed by atoms with E-state index < -0.39 is 30.2 Å². The number of imide groups is 1. The molecule has 2 aromatic rings. The molecule has 126 valence electrons. The molecular weight excluding hydrogens is 348 g/mol. The smallest absolute Gasteiger partial charge is 0.262 e. The van der Waals surface area contributed by atoms with Crippen LogP contribution in [0.3, 0.4) is 0 Å². The molecule has 0 saturated carbocycles. The van der Waals surface area contributed by atoms with Crippen LogP contribution >= 0.6 is 11.6 Å². The van der Waals surface area contributed by atoms with Gasteiger partial charge in [-0.1, -0.05) is 23.7 Å². The highest BCUT2D eigenvalue weighted by Gasteiger charge is 2.36. The zero-order valence-electron chi connectivity index (χ0n) is 12.6. The number of halogens is 1. The van der Waals surface area contributed by atoms with Crippen LogP contribution in [0, 0.1) is 0 Å². The lowest BCUT2D eigenvalue weighted by Crippen LogP contribution is -2.37. The van der Waals surface area contributed by atoms with E-state index in [9.17, 15) is 24.3 Å². The van der Waals surface area contributed by atoms with E-state index in [2.05, 4.69) is 5.32 Å². The van der Waals surface area contributed by atoms with Gasteiger partial charge in [-0.05, 0) is 30.3 Å². The van der Waals surface area contributed by atoms with Crippen molar-refractivity contribution in [2.45, 2.75) is 0 Å². The number of fused-ring (bicyclic) bond motifs is 1. The third kappa shape index (κ3) is 3.09. The molecule has 8 heteroatoms. The highest BCUT2D eigenvalue weighted by Crippen LogP contribution is 2.23. The predicted molar refractivity (Wildman–Crippen MR) is 86.2 cm³/mol. The molecule has 1 N–H and O–H groups in total. The van der Waals surface area contributed by atoms with E-state index in [4.69, 9.17) is 11.6 Å². The van der Waals surface area contributed by atoms with Crippen molar-refractivity contribution in [2.75, 3.05) is 11.9 Å². The monoisotopic (exact) mass is 357 g/mol. The molecule has 0 bridgehead atoms. The average Bonchev–Trinajstić information content (AvgIpc) is 2.82. The number of carbonyl (C=O) groups excluding carboxylic acids is 4. The van der Waals surface area contributed by atoms with Gasteiger partial charge in [0.1, 0.15) is 6.54 Å². The van der Waals surface area contributed by atoms with E-state index in [0.29, 0.717) is 0 Å². The summed E-state index contributed by atoms with van der Waals surface area (Å²) in [6.45, 7) is -0.540. The fourth-order valence-electron chi connectivity index (χ4n) is 2.51. The van der Waals surface area contributed by atoms with E-state index >= 15 is 0 Å². The Kier molecular flexibility index (Phi) is 4.24. The Balaban J connectivity index is 1.78. The SMILES string of the molecule is O=C(CN1C(=O)c2ccccc2C1=O)Nc1ccc(Cl)cc1C(=O)[O-]. The van der Waals surface area contributed by atoms with Crippen molar-refractivity contribution in [1.29, 1.82) is 0 Å². The molecule has 0 unspecified atom stereocenters. The van der Waals surface area contributed by atoms with Crippen LogP contribution in [0.25, 0.3) is 0 Å². The van der Waals surface area contributed by atoms with Crippen LogP contribution in [0.5, 0.6) is 0 Å². The minimum Gasteiger partial charge on any atom is -0.545 e. The number of anilines is 1. The van der Waals surface area contributed by atoms with Crippen LogP contribution in [0.4, 0.5) is 5.69 Å². The summed E-state index contributed by atoms with van der Waals surface area (Å²) >= 11 is 5.72. The first kappa shape index (κ1) is 16.7. The second kappa shape index (κ2) is 6.37. The molecule has 0 radical (unpaired) electrons. The quantitative estimate of drug-likeness (QED) is 0.819. The summed E-state index contributed by atoms with van der Waals surface area (Å²) in [5.41, 5.74) is 0.110. The Labute approximate surface area is 146 Å². The standard InChI is InChI=1S/C17H11ClN2O5/c18-9-5-6-13(12(7-9)17(24)25)19-14(21)8-20-15(22)10-3-1-2-4-11(10)16(20)23/h1-7H,8H2,(H,19,21)(H,24,25)/p-1. The third-order valence-corrected chi connectivity index (χ3v) is 3.89. The lowest BCUT2D eigenvalue weighted by molar-refractivity contribution is -0.254. The Morgan fingerprint density at radius 3 is 2.20 bits per heavy atom. The second-order valence-electron chi connectivity index (χ2n) is 5.27. The molecule has 1 heterocycles. The molecule has 2 aromatic carbocycles. The van der Waals surface area contributed by atoms with E-state index in [0.717, 1.165) is 11.0 Å². The number of hydrogen-bond donors (Lipinski definition) is 1. The molecule has 0 aliphatic carbocycles. The van der Waals surface area contributed by atoms with Crippen LogP contribution in [0.1, 0.15) is 31.1 Å². The van der Waals surface area contributed by atoms with Crippen LogP contribution in [0.15, 0.2) is 42.5 Å². The molecule has 25 heavy (non-hydrogen) atoms. The van der Waals surface area contributed by atoms with Crippen LogP contribution in [-0.4, -0.2) is 35.1 Å². The highest BCUT2D eigenvalue weighted by atomic mass is 35.5. The summed E-state index contributed by atoms with van der Waals surface area (Å²) in [7, 11) is 0. The molecule has 1 aliphatic rings. The first-order chi connectivity index (χ1) is 11.9. The number of nitrogens with one attached hydrogen (secondary N) is 1. The summed E-state index contributed by atoms with van der Waals surface area (Å²) < 4.78 is 0. The van der Waals surface area contributed by atoms with Crippen LogP contribution < -0.4 is 10.4 Å². The van der Waals surface area contributed by atoms with Gasteiger partial charge in [-0.2, -0.15) is 0 Å². The Morgan fingerprint density at radius 2 is 1.64 bits per heavy atom. The molecule has 1 aliphatic heterocycles. The summed E-state index contributed by atoms with van der Waals surface area (Å²) in [6, 6.07) is 10.1. The molecule has 0 spiro atoms. The molecule has 3 rings (SSSR count). The van der Waals surface area contributed by atoms with Gasteiger partial charge in [0.15, 0.2) is 0 Å². The summed E-state index contributed by atoms with van der Waals surface area (Å²) in [4.78, 5) is 48.5. The van der Waals surface area contributed by atoms with Gasteiger partial charge in [0.05, 0.1) is 17.1 Å². The van der Waals surface area contributed by atoms with Crippen molar-refractivity contribution >= 4 is 41.0 Å². The minimum absolute atomic E-state index is 0.0361. The van der Waals surface area contributed by atoms with Gasteiger partial charge in [0, 0.05) is 16.3 Å². The zero-order chi connectivity index (χ0) is 18.1. The maximum Gasteiger partial charge on any atom is 0.262 e. The van der Waals surface area contributed by atoms with Crippen molar-refractivity contribution in [3.63, 3.8) is 0 Å². The molecule has 0 aromatic heterocycles. The van der Waals surface area contributed by atoms with E-state index in [1.807, 2.05) is 0 Å². The fourth-order valence-corrected chi connectivity index (χ4v) is 2.68. The predicted octanol–water partition coefficient (Wildman–Crippen LogP) is 0.938. The first-order valence-corrected chi connectivity index (χ1v) is 7.52. The van der Waals surface area contributed by atoms with Gasteiger partial charge in [0.2, 0.25) is 5.91 Å². The zero-order valence-corrected chi connectivity index (χ0v) is 13.4. The summed E-state index contributed by atoms with van der Waals surface area (Å²) in [5, 5.41) is 13.6. The Morgan fingerprint density at radius 1 is 1.04 bits per heavy atom. The number of benzene rings is 2. The fraction of sp³-hybridized carbons (Fsp3) is 0.0588. The maximum absolute atomic E-state index is 12.2. The number of carboxylic acids is 1. The van der Waals surface area contributed by atoms with Crippen molar-refractivity contribution in [3.8, 4) is 0 Å². The summed E-state index contributed by atoms with van der Waals surface area (Å²) in [6.07, 6.45) is 0. The Bertz CT molecular complexity index is 890. The van der Waals surface area contributed by atoms with Crippen molar-refractivity contribution in [2.24, 2.45) is 0 Å². The van der Waals surface area contributed by atoms with Gasteiger partial charge in [-0.3, -0.25) is 19.3 Å². The molecule has 0 atom stereocenters. The third-order valence-electron chi connectivity index (χ3n) is 3.66. The van der Waals surface area contributed by atoms with Crippen molar-refractivity contribution in [3.05, 3.63) is 64.2 Å². The molecule has 3 amide bonds. The topological polar surface area (TPSA) is 107 Å². The van der Waals surface area contributed by atoms with E-state index in [1.54, 1.807) is 12.1 Å². The van der Waals surface area contributed by atoms with Gasteiger partial charge >= 0.3 is 0 Å². The highest BCUT2D eigenvalue weighted by molar-refractivity contribution is 6.31. The number of nitrogens with zero attached hydrogens (tertiary/aromatic N) is 1. The van der Waals surface area contributed by atoms with E-state index in [-0.39, 0.29) is 27.4 Å². The van der Waals surface area contributed by atoms with Gasteiger partial charge in [-0.25, -0.2) is 0 Å². The normalized spacial score (nSPS) is 12.9. The lowest BCUT2D eigenvalue weighted by Gasteiger charge is -2.16. The van der Waals surface area contributed by atoms with Crippen LogP contribution in [0.2, 0.25) is 5.02 Å². The van der Waals surface area contributed by atoms with E-state index in [1.165, 1.54) is 24.3 Å². The minimum atomic E-state index is -1.52. The van der Waals surface area contributed by atoms with Crippen LogP contribution in [-0.2, 0) is 4.79 Å². The van der Waals surface area contributed by atoms with Crippen molar-refractivity contribution in [1.82, 2.24) is 4.90 Å². The number of carboxylic acid groups (broad SMARTS) is 1. The molecular formula is C17H10ClN2O5-. The number of aromatic carboxylic acids is 1. The molecule has 7 nitrogen and oxygen atoms in total. The van der Waals surface area contributed by atoms with Gasteiger partial charge < -0.3 is 15.2 Å². The largest absolute Gasteiger partial charge is 0.545 e. The number of amides is 3. The molecule has 0 fully saturated rings. The van der Waals surface area contributed by atoms with Gasteiger partial charge in [-0.15, -0.1) is 0 Å². The average molecular weight is 358 g/mol. The lowest BCUT2D eigenvalue weighted by atomic mass is 10.1. The number of rotatable bonds is 4. The Hall–Kier alpha value is -3.19. The number of hydrogen-bond acceptors (Lipinski definition) is 5. The maximum atomic E-state index is 12.2. The second-order valence-corrected chi connectivity index (χ2v) is 5.70. The molecule has 0 saturated heterocycles. The van der Waals surface area contributed by atoms with Gasteiger partial charge in [0.25, 0.3) is 11.8 Å². The van der Waals surface area contributed by atoms with Crippen molar-refractivity contribution < 1.29 is 24.3 Å². The first-order valence-electron chi connectivity index (χ1n) is 7.14. The number of carbonyl (C=O) groups is 4. The summed E-state index contributed by atoms with van der Waals surface area (Å²) in [5.74, 6) is -3.39.